The van der Waals surface area contributed by atoms with Gasteiger partial charge in [-0.2, -0.15) is 0 Å². The van der Waals surface area contributed by atoms with Crippen LogP contribution >= 0.6 is 0 Å². The number of aryl methyl sites for hydroxylation is 1. The lowest BCUT2D eigenvalue weighted by Gasteiger charge is -2.11. The third kappa shape index (κ3) is 1.72. The molecule has 0 saturated carbocycles. The molecule has 0 bridgehead atoms. The topological polar surface area (TPSA) is 26.0 Å². The lowest BCUT2D eigenvalue weighted by Crippen LogP contribution is -1.92. The predicted molar refractivity (Wildman–Crippen MR) is 71.1 cm³/mol. The summed E-state index contributed by atoms with van der Waals surface area (Å²) < 4.78 is 0. The zero-order valence-corrected chi connectivity index (χ0v) is 9.40. The summed E-state index contributed by atoms with van der Waals surface area (Å²) in [5.41, 5.74) is 11.4. The smallest absolute Gasteiger partial charge is 0.0393 e. The van der Waals surface area contributed by atoms with Crippen molar-refractivity contribution in [3.05, 3.63) is 60.2 Å². The minimum atomic E-state index is 0.802. The van der Waals surface area contributed by atoms with E-state index in [1.54, 1.807) is 0 Å². The van der Waals surface area contributed by atoms with Crippen LogP contribution in [0.2, 0.25) is 0 Å². The molecule has 0 atom stereocenters. The molecule has 0 aromatic heterocycles. The second-order valence-electron chi connectivity index (χ2n) is 3.83. The van der Waals surface area contributed by atoms with Crippen molar-refractivity contribution in [3.8, 4) is 11.1 Å². The van der Waals surface area contributed by atoms with Crippen LogP contribution in [-0.2, 0) is 0 Å². The van der Waals surface area contributed by atoms with Gasteiger partial charge in [0.05, 0.1) is 0 Å². The molecule has 0 aliphatic heterocycles. The van der Waals surface area contributed by atoms with E-state index in [2.05, 4.69) is 25.6 Å². The molecule has 0 aliphatic carbocycles. The van der Waals surface area contributed by atoms with Crippen LogP contribution in [0.3, 0.4) is 0 Å². The van der Waals surface area contributed by atoms with Crippen molar-refractivity contribution in [2.75, 3.05) is 5.73 Å². The van der Waals surface area contributed by atoms with Gasteiger partial charge < -0.3 is 5.73 Å². The molecule has 2 N–H and O–H groups in total. The number of nitrogens with two attached hydrogens (primary N) is 1. The van der Waals surface area contributed by atoms with E-state index in [0.29, 0.717) is 0 Å². The van der Waals surface area contributed by atoms with Crippen LogP contribution < -0.4 is 5.73 Å². The number of rotatable bonds is 2. The molecule has 80 valence electrons. The zero-order chi connectivity index (χ0) is 11.5. The van der Waals surface area contributed by atoms with E-state index in [-0.39, 0.29) is 0 Å². The third-order valence-electron chi connectivity index (χ3n) is 2.78. The molecule has 0 heterocycles. The van der Waals surface area contributed by atoms with Gasteiger partial charge in [0.15, 0.2) is 0 Å². The molecule has 0 amide bonds. The van der Waals surface area contributed by atoms with Gasteiger partial charge in [0.25, 0.3) is 0 Å². The molecule has 0 unspecified atom stereocenters. The van der Waals surface area contributed by atoms with E-state index >= 15 is 0 Å². The molecule has 1 nitrogen and oxygen atoms in total. The van der Waals surface area contributed by atoms with Crippen LogP contribution in [0.4, 0.5) is 5.69 Å². The van der Waals surface area contributed by atoms with Crippen molar-refractivity contribution in [2.45, 2.75) is 6.92 Å². The lowest BCUT2D eigenvalue weighted by molar-refractivity contribution is 1.44. The maximum Gasteiger partial charge on any atom is 0.0393 e. The van der Waals surface area contributed by atoms with Crippen molar-refractivity contribution in [1.82, 2.24) is 0 Å². The first-order valence-corrected chi connectivity index (χ1v) is 5.31. The summed E-state index contributed by atoms with van der Waals surface area (Å²) in [7, 11) is 0. The van der Waals surface area contributed by atoms with Crippen LogP contribution in [0.5, 0.6) is 0 Å². The highest BCUT2D eigenvalue weighted by atomic mass is 14.6. The largest absolute Gasteiger partial charge is 0.398 e. The van der Waals surface area contributed by atoms with Crippen LogP contribution in [0.1, 0.15) is 11.1 Å². The summed E-state index contributed by atoms with van der Waals surface area (Å²) in [6.07, 6.45) is 1.89. The average molecular weight is 209 g/mol. The van der Waals surface area contributed by atoms with Crippen molar-refractivity contribution >= 4 is 11.8 Å². The predicted octanol–water partition coefficient (Wildman–Crippen LogP) is 3.89. The SMILES string of the molecule is C=Cc1c(C)cccc1-c1ccccc1N. The van der Waals surface area contributed by atoms with Gasteiger partial charge in [-0.15, -0.1) is 0 Å². The molecule has 2 aromatic carbocycles. The maximum atomic E-state index is 5.99. The Hall–Kier alpha value is -2.02. The maximum absolute atomic E-state index is 5.99. The second kappa shape index (κ2) is 4.23. The summed E-state index contributed by atoms with van der Waals surface area (Å²) in [4.78, 5) is 0. The van der Waals surface area contributed by atoms with Crippen LogP contribution in [0, 0.1) is 6.92 Å². The number of benzene rings is 2. The van der Waals surface area contributed by atoms with Crippen molar-refractivity contribution in [3.63, 3.8) is 0 Å². The molecular weight excluding hydrogens is 194 g/mol. The van der Waals surface area contributed by atoms with Crippen molar-refractivity contribution < 1.29 is 0 Å². The highest BCUT2D eigenvalue weighted by molar-refractivity contribution is 5.83. The zero-order valence-electron chi connectivity index (χ0n) is 9.40. The Balaban J connectivity index is 2.69. The first kappa shape index (κ1) is 10.5. The minimum Gasteiger partial charge on any atom is -0.398 e. The third-order valence-corrected chi connectivity index (χ3v) is 2.78. The summed E-state index contributed by atoms with van der Waals surface area (Å²) in [6.45, 7) is 5.95. The molecule has 2 rings (SSSR count). The fourth-order valence-electron chi connectivity index (χ4n) is 1.93. The number of nitrogen functional groups attached to an aromatic ring is 1. The van der Waals surface area contributed by atoms with Crippen LogP contribution in [0.15, 0.2) is 49.0 Å². The van der Waals surface area contributed by atoms with Gasteiger partial charge >= 0.3 is 0 Å². The van der Waals surface area contributed by atoms with E-state index in [1.165, 1.54) is 5.56 Å². The van der Waals surface area contributed by atoms with Gasteiger partial charge in [-0.3, -0.25) is 0 Å². The second-order valence-corrected chi connectivity index (χ2v) is 3.83. The Labute approximate surface area is 96.2 Å². The molecule has 0 radical (unpaired) electrons. The lowest BCUT2D eigenvalue weighted by atomic mass is 9.95. The Kier molecular flexibility index (Phi) is 2.78. The van der Waals surface area contributed by atoms with Gasteiger partial charge in [0.1, 0.15) is 0 Å². The van der Waals surface area contributed by atoms with Gasteiger partial charge in [-0.05, 0) is 29.7 Å². The molecule has 2 aromatic rings. The first-order valence-electron chi connectivity index (χ1n) is 5.31. The van der Waals surface area contributed by atoms with Crippen molar-refractivity contribution in [1.29, 1.82) is 0 Å². The van der Waals surface area contributed by atoms with E-state index < -0.39 is 0 Å². The first-order chi connectivity index (χ1) is 7.74. The number of para-hydroxylation sites is 1. The average Bonchev–Trinajstić information content (AvgIpc) is 2.29. The summed E-state index contributed by atoms with van der Waals surface area (Å²) in [5, 5.41) is 0. The molecule has 0 spiro atoms. The molecule has 0 aliphatic rings. The molecule has 1 heteroatoms. The molecule has 16 heavy (non-hydrogen) atoms. The van der Waals surface area contributed by atoms with Gasteiger partial charge in [0, 0.05) is 11.3 Å². The van der Waals surface area contributed by atoms with Gasteiger partial charge in [0.2, 0.25) is 0 Å². The molecule has 0 saturated heterocycles. The Bertz CT molecular complexity index is 527. The summed E-state index contributed by atoms with van der Waals surface area (Å²) in [6, 6.07) is 14.1. The Morgan fingerprint density at radius 1 is 1.00 bits per heavy atom. The highest BCUT2D eigenvalue weighted by Gasteiger charge is 2.06. The summed E-state index contributed by atoms with van der Waals surface area (Å²) in [5.74, 6) is 0. The Morgan fingerprint density at radius 2 is 1.69 bits per heavy atom. The fourth-order valence-corrected chi connectivity index (χ4v) is 1.93. The number of anilines is 1. The minimum absolute atomic E-state index is 0.802. The Morgan fingerprint density at radius 3 is 2.38 bits per heavy atom. The van der Waals surface area contributed by atoms with Crippen LogP contribution in [0.25, 0.3) is 17.2 Å². The van der Waals surface area contributed by atoms with E-state index in [1.807, 2.05) is 36.4 Å². The van der Waals surface area contributed by atoms with Gasteiger partial charge in [-0.25, -0.2) is 0 Å². The number of hydrogen-bond acceptors (Lipinski definition) is 1. The van der Waals surface area contributed by atoms with E-state index in [9.17, 15) is 0 Å². The highest BCUT2D eigenvalue weighted by Crippen LogP contribution is 2.30. The summed E-state index contributed by atoms with van der Waals surface area (Å²) >= 11 is 0. The quantitative estimate of drug-likeness (QED) is 0.746. The fraction of sp³-hybridized carbons (Fsp3) is 0.0667. The van der Waals surface area contributed by atoms with E-state index in [4.69, 9.17) is 5.73 Å². The van der Waals surface area contributed by atoms with Gasteiger partial charge in [-0.1, -0.05) is 49.1 Å². The normalized spacial score (nSPS) is 10.1. The monoisotopic (exact) mass is 209 g/mol. The van der Waals surface area contributed by atoms with E-state index in [0.717, 1.165) is 22.4 Å². The van der Waals surface area contributed by atoms with Crippen LogP contribution in [-0.4, -0.2) is 0 Å². The van der Waals surface area contributed by atoms with Crippen molar-refractivity contribution in [2.24, 2.45) is 0 Å². The standard InChI is InChI=1S/C15H15N/c1-3-12-11(2)7-6-9-13(12)14-8-4-5-10-15(14)16/h3-10H,1,16H2,2H3. The molecular formula is C15H15N. The number of hydrogen-bond donors (Lipinski definition) is 1. The molecule has 0 fully saturated rings.